The molecule has 1 N–H and O–H groups in total. The largest absolute Gasteiger partial charge is 0.493 e. The molecule has 5 heteroatoms. The van der Waals surface area contributed by atoms with Crippen LogP contribution in [0, 0.1) is 0 Å². The lowest BCUT2D eigenvalue weighted by Crippen LogP contribution is -2.21. The molecule has 0 unspecified atom stereocenters. The van der Waals surface area contributed by atoms with Gasteiger partial charge in [0.2, 0.25) is 0 Å². The van der Waals surface area contributed by atoms with Crippen molar-refractivity contribution in [2.75, 3.05) is 41.4 Å². The minimum Gasteiger partial charge on any atom is -0.493 e. The van der Waals surface area contributed by atoms with Crippen LogP contribution in [0.5, 0.6) is 11.5 Å². The number of ether oxygens (including phenoxy) is 2. The van der Waals surface area contributed by atoms with Gasteiger partial charge in [0, 0.05) is 17.6 Å². The highest BCUT2D eigenvalue weighted by atomic mass is 35.5. The van der Waals surface area contributed by atoms with Crippen molar-refractivity contribution in [3.63, 3.8) is 0 Å². The number of nitrogens with zero attached hydrogens (tertiary/aromatic N) is 1. The van der Waals surface area contributed by atoms with Gasteiger partial charge in [-0.3, -0.25) is 0 Å². The highest BCUT2D eigenvalue weighted by Crippen LogP contribution is 2.32. The quantitative estimate of drug-likeness (QED) is 0.744. The van der Waals surface area contributed by atoms with Crippen LogP contribution in [0.25, 0.3) is 0 Å². The SMILES string of the molecule is COc1cc(Cl)c(CNCCCN(C)C)cc1OC. The molecule has 0 spiro atoms. The number of benzene rings is 1. The van der Waals surface area contributed by atoms with E-state index in [1.807, 2.05) is 6.07 Å². The maximum absolute atomic E-state index is 6.22. The maximum atomic E-state index is 6.22. The number of methoxy groups -OCH3 is 2. The van der Waals surface area contributed by atoms with Gasteiger partial charge in [0.15, 0.2) is 11.5 Å². The third-order valence-electron chi connectivity index (χ3n) is 2.83. The van der Waals surface area contributed by atoms with Gasteiger partial charge in [-0.15, -0.1) is 0 Å². The van der Waals surface area contributed by atoms with Crippen LogP contribution in [0.1, 0.15) is 12.0 Å². The van der Waals surface area contributed by atoms with Gasteiger partial charge in [-0.2, -0.15) is 0 Å². The average molecular weight is 287 g/mol. The summed E-state index contributed by atoms with van der Waals surface area (Å²) in [6, 6.07) is 3.71. The zero-order chi connectivity index (χ0) is 14.3. The molecule has 1 aromatic carbocycles. The molecule has 0 radical (unpaired) electrons. The summed E-state index contributed by atoms with van der Waals surface area (Å²) >= 11 is 6.22. The van der Waals surface area contributed by atoms with E-state index in [1.54, 1.807) is 20.3 Å². The maximum Gasteiger partial charge on any atom is 0.162 e. The molecule has 1 rings (SSSR count). The van der Waals surface area contributed by atoms with E-state index in [2.05, 4.69) is 24.3 Å². The lowest BCUT2D eigenvalue weighted by atomic mass is 10.2. The van der Waals surface area contributed by atoms with Crippen molar-refractivity contribution < 1.29 is 9.47 Å². The van der Waals surface area contributed by atoms with Gasteiger partial charge in [0.05, 0.1) is 14.2 Å². The van der Waals surface area contributed by atoms with Crippen LogP contribution in [0.15, 0.2) is 12.1 Å². The van der Waals surface area contributed by atoms with Gasteiger partial charge >= 0.3 is 0 Å². The van der Waals surface area contributed by atoms with Crippen molar-refractivity contribution in [1.82, 2.24) is 10.2 Å². The van der Waals surface area contributed by atoms with Crippen molar-refractivity contribution in [3.8, 4) is 11.5 Å². The summed E-state index contributed by atoms with van der Waals surface area (Å²) in [7, 11) is 7.38. The van der Waals surface area contributed by atoms with E-state index in [9.17, 15) is 0 Å². The molecule has 108 valence electrons. The molecular weight excluding hydrogens is 264 g/mol. The first-order valence-corrected chi connectivity index (χ1v) is 6.72. The highest BCUT2D eigenvalue weighted by Gasteiger charge is 2.09. The lowest BCUT2D eigenvalue weighted by molar-refractivity contribution is 0.354. The first kappa shape index (κ1) is 16.1. The Morgan fingerprint density at radius 1 is 1.16 bits per heavy atom. The van der Waals surface area contributed by atoms with E-state index in [4.69, 9.17) is 21.1 Å². The van der Waals surface area contributed by atoms with Crippen molar-refractivity contribution in [3.05, 3.63) is 22.7 Å². The second kappa shape index (κ2) is 8.25. The summed E-state index contributed by atoms with van der Waals surface area (Å²) < 4.78 is 10.5. The topological polar surface area (TPSA) is 33.7 Å². The Morgan fingerprint density at radius 3 is 2.37 bits per heavy atom. The van der Waals surface area contributed by atoms with Gasteiger partial charge < -0.3 is 19.7 Å². The molecule has 0 aromatic heterocycles. The van der Waals surface area contributed by atoms with E-state index in [1.165, 1.54) is 0 Å². The number of halogens is 1. The van der Waals surface area contributed by atoms with Crippen LogP contribution >= 0.6 is 11.6 Å². The molecule has 1 aromatic rings. The van der Waals surface area contributed by atoms with Crippen LogP contribution in [-0.2, 0) is 6.54 Å². The molecule has 0 amide bonds. The monoisotopic (exact) mass is 286 g/mol. The van der Waals surface area contributed by atoms with Crippen LogP contribution in [0.2, 0.25) is 5.02 Å². The van der Waals surface area contributed by atoms with Crippen molar-refractivity contribution in [2.24, 2.45) is 0 Å². The number of rotatable bonds is 8. The van der Waals surface area contributed by atoms with E-state index in [0.717, 1.165) is 31.6 Å². The summed E-state index contributed by atoms with van der Waals surface area (Å²) in [5.41, 5.74) is 1.02. The molecule has 0 aliphatic rings. The third kappa shape index (κ3) is 5.27. The van der Waals surface area contributed by atoms with Gasteiger partial charge in [-0.1, -0.05) is 11.6 Å². The first-order chi connectivity index (χ1) is 9.08. The van der Waals surface area contributed by atoms with Gasteiger partial charge in [0.1, 0.15) is 0 Å². The van der Waals surface area contributed by atoms with Gasteiger partial charge in [-0.25, -0.2) is 0 Å². The molecule has 0 atom stereocenters. The van der Waals surface area contributed by atoms with Crippen molar-refractivity contribution in [1.29, 1.82) is 0 Å². The molecule has 0 aliphatic heterocycles. The Balaban J connectivity index is 2.53. The Labute approximate surface area is 120 Å². The highest BCUT2D eigenvalue weighted by molar-refractivity contribution is 6.31. The number of hydrogen-bond acceptors (Lipinski definition) is 4. The standard InChI is InChI=1S/C14H23ClN2O2/c1-17(2)7-5-6-16-10-11-8-13(18-3)14(19-4)9-12(11)15/h8-9,16H,5-7,10H2,1-4H3. The fourth-order valence-corrected chi connectivity index (χ4v) is 2.00. The molecule has 0 saturated heterocycles. The Kier molecular flexibility index (Phi) is 6.99. The fraction of sp³-hybridized carbons (Fsp3) is 0.571. The minimum atomic E-state index is 0.656. The van der Waals surface area contributed by atoms with Crippen molar-refractivity contribution in [2.45, 2.75) is 13.0 Å². The molecule has 19 heavy (non-hydrogen) atoms. The second-order valence-electron chi connectivity index (χ2n) is 4.63. The smallest absolute Gasteiger partial charge is 0.162 e. The predicted octanol–water partition coefficient (Wildman–Crippen LogP) is 2.40. The molecule has 0 aliphatic carbocycles. The van der Waals surface area contributed by atoms with E-state index in [-0.39, 0.29) is 0 Å². The van der Waals surface area contributed by atoms with Crippen LogP contribution in [0.4, 0.5) is 0 Å². The molecule has 0 fully saturated rings. The normalized spacial score (nSPS) is 10.8. The summed E-state index contributed by atoms with van der Waals surface area (Å²) in [6.45, 7) is 2.77. The molecule has 4 nitrogen and oxygen atoms in total. The summed E-state index contributed by atoms with van der Waals surface area (Å²) in [5, 5.41) is 4.07. The van der Waals surface area contributed by atoms with Gasteiger partial charge in [-0.05, 0) is 45.2 Å². The Hall–Kier alpha value is -0.970. The van der Waals surface area contributed by atoms with Crippen LogP contribution in [-0.4, -0.2) is 46.3 Å². The van der Waals surface area contributed by atoms with Crippen molar-refractivity contribution >= 4 is 11.6 Å². The lowest BCUT2D eigenvalue weighted by Gasteiger charge is -2.13. The number of nitrogens with one attached hydrogen (secondary N) is 1. The van der Waals surface area contributed by atoms with E-state index < -0.39 is 0 Å². The summed E-state index contributed by atoms with van der Waals surface area (Å²) in [4.78, 5) is 2.17. The molecule has 0 heterocycles. The molecular formula is C14H23ClN2O2. The van der Waals surface area contributed by atoms with E-state index >= 15 is 0 Å². The zero-order valence-corrected chi connectivity index (χ0v) is 12.9. The van der Waals surface area contributed by atoms with Crippen LogP contribution in [0.3, 0.4) is 0 Å². The van der Waals surface area contributed by atoms with E-state index in [0.29, 0.717) is 16.5 Å². The Morgan fingerprint density at radius 2 is 1.79 bits per heavy atom. The third-order valence-corrected chi connectivity index (χ3v) is 3.18. The molecule has 0 bridgehead atoms. The number of hydrogen-bond donors (Lipinski definition) is 1. The zero-order valence-electron chi connectivity index (χ0n) is 12.1. The minimum absolute atomic E-state index is 0.656. The average Bonchev–Trinajstić information content (AvgIpc) is 2.39. The Bertz CT molecular complexity index is 397. The predicted molar refractivity (Wildman–Crippen MR) is 79.4 cm³/mol. The second-order valence-corrected chi connectivity index (χ2v) is 5.04. The molecule has 0 saturated carbocycles. The summed E-state index contributed by atoms with van der Waals surface area (Å²) in [5.74, 6) is 1.36. The van der Waals surface area contributed by atoms with Crippen LogP contribution < -0.4 is 14.8 Å². The summed E-state index contributed by atoms with van der Waals surface area (Å²) in [6.07, 6.45) is 1.11. The fourth-order valence-electron chi connectivity index (χ4n) is 1.78. The van der Waals surface area contributed by atoms with Gasteiger partial charge in [0.25, 0.3) is 0 Å². The first-order valence-electron chi connectivity index (χ1n) is 6.34.